The highest BCUT2D eigenvalue weighted by Crippen LogP contribution is 2.35. The minimum absolute atomic E-state index is 0.0212. The lowest BCUT2D eigenvalue weighted by Crippen LogP contribution is -2.33. The van der Waals surface area contributed by atoms with Crippen molar-refractivity contribution in [1.29, 1.82) is 0 Å². The molecule has 140 valence electrons. The van der Waals surface area contributed by atoms with E-state index in [1.165, 1.54) is 11.8 Å². The van der Waals surface area contributed by atoms with Crippen molar-refractivity contribution < 1.29 is 18.8 Å². The first-order valence-electron chi connectivity index (χ1n) is 8.48. The Morgan fingerprint density at radius 1 is 1.23 bits per heavy atom. The molecule has 0 aliphatic carbocycles. The monoisotopic (exact) mass is 376 g/mol. The van der Waals surface area contributed by atoms with Crippen molar-refractivity contribution in [2.45, 2.75) is 44.5 Å². The molecule has 0 bridgehead atoms. The molecule has 0 aliphatic heterocycles. The first kappa shape index (κ1) is 20.0. The number of rotatable bonds is 7. The standard InChI is InChI=1S/C19H24N2O4S/c1-19(2,3)24-18(23)20-12-7-10-16(15-11-13-21-25-15)26-17(22)14-8-5-4-6-9-14/h4-6,8-9,11,13,16H,7,10,12H2,1-3H3,(H,20,23). The summed E-state index contributed by atoms with van der Waals surface area (Å²) in [5.74, 6) is 0.650. The molecule has 1 atom stereocenters. The second-order valence-electron chi connectivity index (χ2n) is 6.75. The Bertz CT molecular complexity index is 696. The van der Waals surface area contributed by atoms with Crippen molar-refractivity contribution >= 4 is 23.0 Å². The predicted molar refractivity (Wildman–Crippen MR) is 101 cm³/mol. The molecule has 1 amide bonds. The number of thioether (sulfide) groups is 1. The summed E-state index contributed by atoms with van der Waals surface area (Å²) in [6.45, 7) is 5.91. The van der Waals surface area contributed by atoms with Crippen LogP contribution in [0.3, 0.4) is 0 Å². The van der Waals surface area contributed by atoms with Crippen molar-refractivity contribution in [3.8, 4) is 0 Å². The van der Waals surface area contributed by atoms with Gasteiger partial charge in [0.1, 0.15) is 11.4 Å². The van der Waals surface area contributed by atoms with Crippen LogP contribution in [0.4, 0.5) is 4.79 Å². The van der Waals surface area contributed by atoms with Crippen molar-refractivity contribution in [3.63, 3.8) is 0 Å². The summed E-state index contributed by atoms with van der Waals surface area (Å²) in [4.78, 5) is 24.1. The summed E-state index contributed by atoms with van der Waals surface area (Å²) in [6.07, 6.45) is 2.46. The largest absolute Gasteiger partial charge is 0.444 e. The van der Waals surface area contributed by atoms with E-state index < -0.39 is 11.7 Å². The van der Waals surface area contributed by atoms with Crippen molar-refractivity contribution in [3.05, 3.63) is 53.9 Å². The maximum Gasteiger partial charge on any atom is 0.407 e. The van der Waals surface area contributed by atoms with E-state index in [0.29, 0.717) is 30.7 Å². The number of carbonyl (C=O) groups is 2. The number of hydrogen-bond donors (Lipinski definition) is 1. The molecule has 1 heterocycles. The van der Waals surface area contributed by atoms with Crippen molar-refractivity contribution in [1.82, 2.24) is 10.5 Å². The fourth-order valence-electron chi connectivity index (χ4n) is 2.21. The van der Waals surface area contributed by atoms with Crippen LogP contribution in [0.1, 0.15) is 55.0 Å². The number of alkyl carbamates (subject to hydrolysis) is 1. The summed E-state index contributed by atoms with van der Waals surface area (Å²) < 4.78 is 10.4. The molecule has 0 saturated carbocycles. The number of benzene rings is 1. The minimum Gasteiger partial charge on any atom is -0.444 e. The van der Waals surface area contributed by atoms with E-state index in [1.54, 1.807) is 24.4 Å². The molecule has 0 aliphatic rings. The minimum atomic E-state index is -0.523. The van der Waals surface area contributed by atoms with Crippen molar-refractivity contribution in [2.24, 2.45) is 0 Å². The molecule has 1 aromatic heterocycles. The normalized spacial score (nSPS) is 12.4. The molecule has 0 spiro atoms. The lowest BCUT2D eigenvalue weighted by Gasteiger charge is -2.20. The maximum atomic E-state index is 12.5. The average molecular weight is 376 g/mol. The van der Waals surface area contributed by atoms with Gasteiger partial charge in [-0.15, -0.1) is 0 Å². The summed E-state index contributed by atoms with van der Waals surface area (Å²) in [5.41, 5.74) is 0.124. The van der Waals surface area contributed by atoms with E-state index in [4.69, 9.17) is 9.26 Å². The highest BCUT2D eigenvalue weighted by molar-refractivity contribution is 8.14. The lowest BCUT2D eigenvalue weighted by molar-refractivity contribution is 0.0527. The van der Waals surface area contributed by atoms with Gasteiger partial charge in [-0.2, -0.15) is 0 Å². The molecule has 7 heteroatoms. The van der Waals surface area contributed by atoms with Crippen LogP contribution >= 0.6 is 11.8 Å². The zero-order chi connectivity index (χ0) is 19.0. The van der Waals surface area contributed by atoms with Crippen molar-refractivity contribution in [2.75, 3.05) is 6.54 Å². The number of carbonyl (C=O) groups excluding carboxylic acids is 2. The van der Waals surface area contributed by atoms with Crippen LogP contribution in [0.25, 0.3) is 0 Å². The van der Waals surface area contributed by atoms with Crippen LogP contribution in [0.2, 0.25) is 0 Å². The third-order valence-corrected chi connectivity index (χ3v) is 4.55. The van der Waals surface area contributed by atoms with Crippen LogP contribution in [-0.2, 0) is 4.74 Å². The Labute approximate surface area is 157 Å². The fraction of sp³-hybridized carbons (Fsp3) is 0.421. The smallest absolute Gasteiger partial charge is 0.407 e. The molecule has 1 aromatic carbocycles. The second kappa shape index (κ2) is 9.43. The fourth-order valence-corrected chi connectivity index (χ4v) is 3.27. The van der Waals surface area contributed by atoms with Gasteiger partial charge in [0.05, 0.1) is 11.4 Å². The number of amides is 1. The number of ether oxygens (including phenoxy) is 1. The topological polar surface area (TPSA) is 81.4 Å². The zero-order valence-electron chi connectivity index (χ0n) is 15.2. The van der Waals surface area contributed by atoms with Gasteiger partial charge < -0.3 is 14.6 Å². The van der Waals surface area contributed by atoms with E-state index in [-0.39, 0.29) is 10.4 Å². The molecular formula is C19H24N2O4S. The molecule has 26 heavy (non-hydrogen) atoms. The summed E-state index contributed by atoms with van der Waals surface area (Å²) in [5, 5.41) is 6.27. The zero-order valence-corrected chi connectivity index (χ0v) is 16.0. The molecule has 2 aromatic rings. The van der Waals surface area contributed by atoms with Gasteiger partial charge in [0.25, 0.3) is 0 Å². The van der Waals surface area contributed by atoms with Gasteiger partial charge in [0.2, 0.25) is 5.12 Å². The van der Waals surface area contributed by atoms with Gasteiger partial charge in [0.15, 0.2) is 0 Å². The Balaban J connectivity index is 1.86. The molecule has 2 rings (SSSR count). The third-order valence-electron chi connectivity index (χ3n) is 3.35. The Morgan fingerprint density at radius 2 is 1.96 bits per heavy atom. The molecule has 0 radical (unpaired) electrons. The van der Waals surface area contributed by atoms with E-state index in [2.05, 4.69) is 10.5 Å². The van der Waals surface area contributed by atoms with Gasteiger partial charge in [-0.05, 0) is 33.6 Å². The van der Waals surface area contributed by atoms with Crippen LogP contribution < -0.4 is 5.32 Å². The van der Waals surface area contributed by atoms with E-state index in [0.717, 1.165) is 0 Å². The quantitative estimate of drug-likeness (QED) is 0.712. The first-order valence-corrected chi connectivity index (χ1v) is 9.36. The average Bonchev–Trinajstić information content (AvgIpc) is 3.11. The molecule has 0 fully saturated rings. The van der Waals surface area contributed by atoms with E-state index >= 15 is 0 Å². The molecular weight excluding hydrogens is 352 g/mol. The van der Waals surface area contributed by atoms with Gasteiger partial charge in [-0.1, -0.05) is 47.3 Å². The molecule has 0 saturated heterocycles. The van der Waals surface area contributed by atoms with Crippen LogP contribution in [0, 0.1) is 0 Å². The highest BCUT2D eigenvalue weighted by Gasteiger charge is 2.21. The van der Waals surface area contributed by atoms with Gasteiger partial charge in [-0.25, -0.2) is 4.79 Å². The van der Waals surface area contributed by atoms with Gasteiger partial charge >= 0.3 is 6.09 Å². The van der Waals surface area contributed by atoms with E-state index in [9.17, 15) is 9.59 Å². The summed E-state index contributed by atoms with van der Waals surface area (Å²) in [6, 6.07) is 10.9. The third kappa shape index (κ3) is 6.92. The van der Waals surface area contributed by atoms with Crippen LogP contribution in [-0.4, -0.2) is 28.5 Å². The van der Waals surface area contributed by atoms with Gasteiger partial charge in [0, 0.05) is 18.2 Å². The number of aromatic nitrogens is 1. The number of hydrogen-bond acceptors (Lipinski definition) is 6. The highest BCUT2D eigenvalue weighted by atomic mass is 32.2. The van der Waals surface area contributed by atoms with Crippen LogP contribution in [0.5, 0.6) is 0 Å². The van der Waals surface area contributed by atoms with E-state index in [1.807, 2.05) is 39.0 Å². The van der Waals surface area contributed by atoms with Gasteiger partial charge in [-0.3, -0.25) is 4.79 Å². The maximum absolute atomic E-state index is 12.5. The van der Waals surface area contributed by atoms with Crippen LogP contribution in [0.15, 0.2) is 47.1 Å². The second-order valence-corrected chi connectivity index (χ2v) is 7.92. The Hall–Kier alpha value is -2.28. The summed E-state index contributed by atoms with van der Waals surface area (Å²) in [7, 11) is 0. The SMILES string of the molecule is CC(C)(C)OC(=O)NCCCC(SC(=O)c1ccccc1)c1ccno1. The number of nitrogens with zero attached hydrogens (tertiary/aromatic N) is 1. The lowest BCUT2D eigenvalue weighted by atomic mass is 10.2. The molecule has 1 unspecified atom stereocenters. The summed E-state index contributed by atoms with van der Waals surface area (Å²) >= 11 is 1.21. The predicted octanol–water partition coefficient (Wildman–Crippen LogP) is 4.59. The molecule has 1 N–H and O–H groups in total. The first-order chi connectivity index (χ1) is 12.3. The number of nitrogens with one attached hydrogen (secondary N) is 1. The molecule has 6 nitrogen and oxygen atoms in total. The Morgan fingerprint density at radius 3 is 2.58 bits per heavy atom. The Kier molecular flexibility index (Phi) is 7.26.